The van der Waals surface area contributed by atoms with Crippen LogP contribution in [0.1, 0.15) is 21.5 Å². The zero-order chi connectivity index (χ0) is 14.7. The Morgan fingerprint density at radius 2 is 1.95 bits per heavy atom. The van der Waals surface area contributed by atoms with Crippen molar-refractivity contribution in [1.29, 1.82) is 0 Å². The molecule has 4 nitrogen and oxygen atoms in total. The lowest BCUT2D eigenvalue weighted by Crippen LogP contribution is -2.15. The van der Waals surface area contributed by atoms with Crippen LogP contribution >= 0.6 is 0 Å². The molecule has 1 aromatic heterocycles. The van der Waals surface area contributed by atoms with Crippen molar-refractivity contribution in [1.82, 2.24) is 4.98 Å². The van der Waals surface area contributed by atoms with E-state index in [1.807, 2.05) is 32.0 Å². The van der Waals surface area contributed by atoms with E-state index in [9.17, 15) is 9.18 Å². The van der Waals surface area contributed by atoms with Gasteiger partial charge in [-0.05, 0) is 43.2 Å². The molecule has 2 aromatic rings. The number of aromatic nitrogens is 1. The minimum absolute atomic E-state index is 0.172. The lowest BCUT2D eigenvalue weighted by molar-refractivity contribution is 0.102. The molecule has 0 atom stereocenters. The molecule has 0 aliphatic heterocycles. The molecular formula is C15H16FN3O. The minimum Gasteiger partial charge on any atom is -0.372 e. The van der Waals surface area contributed by atoms with E-state index in [1.54, 1.807) is 7.05 Å². The van der Waals surface area contributed by atoms with Gasteiger partial charge in [-0.2, -0.15) is 0 Å². The van der Waals surface area contributed by atoms with Crippen LogP contribution in [-0.2, 0) is 0 Å². The second-order valence-corrected chi connectivity index (χ2v) is 4.55. The van der Waals surface area contributed by atoms with E-state index in [1.165, 1.54) is 0 Å². The second-order valence-electron chi connectivity index (χ2n) is 4.55. The molecule has 1 aromatic carbocycles. The Bertz CT molecular complexity index is 656. The average Bonchev–Trinajstić information content (AvgIpc) is 2.43. The summed E-state index contributed by atoms with van der Waals surface area (Å²) < 4.78 is 13.2. The van der Waals surface area contributed by atoms with Crippen LogP contribution in [-0.4, -0.2) is 17.9 Å². The van der Waals surface area contributed by atoms with Crippen LogP contribution in [0.3, 0.4) is 0 Å². The molecule has 0 fully saturated rings. The number of pyridine rings is 1. The summed E-state index contributed by atoms with van der Waals surface area (Å²) in [5.41, 5.74) is 3.07. The normalized spacial score (nSPS) is 10.2. The first-order chi connectivity index (χ1) is 9.51. The Hall–Kier alpha value is -2.43. The molecule has 0 spiro atoms. The Kier molecular flexibility index (Phi) is 3.98. The highest BCUT2D eigenvalue weighted by atomic mass is 19.1. The Labute approximate surface area is 117 Å². The van der Waals surface area contributed by atoms with Crippen LogP contribution < -0.4 is 10.6 Å². The highest BCUT2D eigenvalue weighted by Gasteiger charge is 2.13. The third-order valence-corrected chi connectivity index (χ3v) is 3.10. The Balaban J connectivity index is 2.27. The molecule has 5 heteroatoms. The van der Waals surface area contributed by atoms with Gasteiger partial charge in [-0.1, -0.05) is 6.07 Å². The van der Waals surface area contributed by atoms with Crippen LogP contribution in [0.25, 0.3) is 0 Å². The molecule has 0 bridgehead atoms. The van der Waals surface area contributed by atoms with Gasteiger partial charge in [0.25, 0.3) is 5.91 Å². The number of rotatable bonds is 3. The third-order valence-electron chi connectivity index (χ3n) is 3.10. The van der Waals surface area contributed by atoms with Crippen molar-refractivity contribution >= 4 is 17.4 Å². The van der Waals surface area contributed by atoms with Gasteiger partial charge in [-0.3, -0.25) is 4.79 Å². The zero-order valence-corrected chi connectivity index (χ0v) is 11.6. The van der Waals surface area contributed by atoms with Gasteiger partial charge < -0.3 is 10.6 Å². The number of carbonyl (C=O) groups is 1. The van der Waals surface area contributed by atoms with Crippen molar-refractivity contribution in [3.63, 3.8) is 0 Å². The fourth-order valence-corrected chi connectivity index (χ4v) is 1.83. The molecule has 20 heavy (non-hydrogen) atoms. The largest absolute Gasteiger partial charge is 0.372 e. The van der Waals surface area contributed by atoms with Gasteiger partial charge in [-0.25, -0.2) is 9.37 Å². The summed E-state index contributed by atoms with van der Waals surface area (Å²) in [5, 5.41) is 5.51. The summed E-state index contributed by atoms with van der Waals surface area (Å²) in [4.78, 5) is 16.0. The van der Waals surface area contributed by atoms with Gasteiger partial charge >= 0.3 is 0 Å². The van der Waals surface area contributed by atoms with E-state index in [-0.39, 0.29) is 5.56 Å². The predicted octanol–water partition coefficient (Wildman–Crippen LogP) is 3.13. The van der Waals surface area contributed by atoms with E-state index in [4.69, 9.17) is 0 Å². The maximum atomic E-state index is 13.2. The third kappa shape index (κ3) is 2.93. The summed E-state index contributed by atoms with van der Waals surface area (Å²) >= 11 is 0. The summed E-state index contributed by atoms with van der Waals surface area (Å²) in [6.07, 6.45) is 1.07. The van der Waals surface area contributed by atoms with Crippen molar-refractivity contribution in [3.05, 3.63) is 53.0 Å². The summed E-state index contributed by atoms with van der Waals surface area (Å²) in [6.45, 7) is 3.96. The molecule has 0 saturated heterocycles. The zero-order valence-electron chi connectivity index (χ0n) is 11.6. The van der Waals surface area contributed by atoms with E-state index in [2.05, 4.69) is 15.6 Å². The second kappa shape index (κ2) is 5.69. The highest BCUT2D eigenvalue weighted by Crippen LogP contribution is 2.18. The first-order valence-electron chi connectivity index (χ1n) is 6.23. The first kappa shape index (κ1) is 14.0. The lowest BCUT2D eigenvalue weighted by Gasteiger charge is -2.10. The monoisotopic (exact) mass is 273 g/mol. The SMILES string of the molecule is CNc1ncc(F)cc1C(=O)Nc1ccc(C)c(C)c1. The van der Waals surface area contributed by atoms with Gasteiger partial charge in [0.1, 0.15) is 11.6 Å². The van der Waals surface area contributed by atoms with Crippen molar-refractivity contribution in [3.8, 4) is 0 Å². The minimum atomic E-state index is -0.547. The molecule has 2 N–H and O–H groups in total. The molecule has 0 radical (unpaired) electrons. The molecule has 0 unspecified atom stereocenters. The number of amides is 1. The number of nitrogens with one attached hydrogen (secondary N) is 2. The predicted molar refractivity (Wildman–Crippen MR) is 77.6 cm³/mol. The van der Waals surface area contributed by atoms with Gasteiger partial charge in [-0.15, -0.1) is 0 Å². The van der Waals surface area contributed by atoms with Crippen molar-refractivity contribution in [2.75, 3.05) is 17.7 Å². The number of nitrogens with zero attached hydrogens (tertiary/aromatic N) is 1. The van der Waals surface area contributed by atoms with Crippen molar-refractivity contribution in [2.24, 2.45) is 0 Å². The average molecular weight is 273 g/mol. The van der Waals surface area contributed by atoms with Gasteiger partial charge in [0.15, 0.2) is 0 Å². The molecule has 0 saturated carbocycles. The van der Waals surface area contributed by atoms with Gasteiger partial charge in [0.05, 0.1) is 11.8 Å². The molecule has 0 aliphatic rings. The van der Waals surface area contributed by atoms with Crippen LogP contribution in [0.15, 0.2) is 30.5 Å². The number of hydrogen-bond acceptors (Lipinski definition) is 3. The van der Waals surface area contributed by atoms with Crippen LogP contribution in [0.2, 0.25) is 0 Å². The van der Waals surface area contributed by atoms with Gasteiger partial charge in [0, 0.05) is 12.7 Å². The summed E-state index contributed by atoms with van der Waals surface area (Å²) in [6, 6.07) is 6.77. The number of halogens is 1. The number of aryl methyl sites for hydroxylation is 2. The molecule has 2 rings (SSSR count). The van der Waals surface area contributed by atoms with Crippen molar-refractivity contribution < 1.29 is 9.18 Å². The Morgan fingerprint density at radius 1 is 1.20 bits per heavy atom. The van der Waals surface area contributed by atoms with Crippen LogP contribution in [0.5, 0.6) is 0 Å². The number of carbonyl (C=O) groups excluding carboxylic acids is 1. The van der Waals surface area contributed by atoms with E-state index < -0.39 is 11.7 Å². The van der Waals surface area contributed by atoms with Crippen LogP contribution in [0.4, 0.5) is 15.9 Å². The topological polar surface area (TPSA) is 54.0 Å². The smallest absolute Gasteiger partial charge is 0.259 e. The number of anilines is 2. The van der Waals surface area contributed by atoms with Gasteiger partial charge in [0.2, 0.25) is 0 Å². The molecule has 1 amide bonds. The first-order valence-corrected chi connectivity index (χ1v) is 6.23. The summed E-state index contributed by atoms with van der Waals surface area (Å²) in [7, 11) is 1.63. The maximum Gasteiger partial charge on any atom is 0.259 e. The fraction of sp³-hybridized carbons (Fsp3) is 0.200. The summed E-state index contributed by atoms with van der Waals surface area (Å²) in [5.74, 6) is -0.605. The molecular weight excluding hydrogens is 257 g/mol. The van der Waals surface area contributed by atoms with Crippen molar-refractivity contribution in [2.45, 2.75) is 13.8 Å². The standard InChI is InChI=1S/C15H16FN3O/c1-9-4-5-12(6-10(9)2)19-15(20)13-7-11(16)8-18-14(13)17-3/h4-8H,1-3H3,(H,17,18)(H,19,20). The molecule has 0 aliphatic carbocycles. The highest BCUT2D eigenvalue weighted by molar-refractivity contribution is 6.07. The number of hydrogen-bond donors (Lipinski definition) is 2. The molecule has 1 heterocycles. The van der Waals surface area contributed by atoms with Crippen LogP contribution in [0, 0.1) is 19.7 Å². The van der Waals surface area contributed by atoms with E-state index in [0.29, 0.717) is 11.5 Å². The van der Waals surface area contributed by atoms with E-state index in [0.717, 1.165) is 23.4 Å². The fourth-order valence-electron chi connectivity index (χ4n) is 1.83. The quantitative estimate of drug-likeness (QED) is 0.903. The Morgan fingerprint density at radius 3 is 2.60 bits per heavy atom. The van der Waals surface area contributed by atoms with E-state index >= 15 is 0 Å². The number of benzene rings is 1. The molecule has 104 valence electrons. The lowest BCUT2D eigenvalue weighted by atomic mass is 10.1. The maximum absolute atomic E-state index is 13.2.